The van der Waals surface area contributed by atoms with Crippen molar-refractivity contribution < 1.29 is 19.4 Å². The van der Waals surface area contributed by atoms with Crippen molar-refractivity contribution in [2.75, 3.05) is 14.2 Å². The fraction of sp³-hybridized carbons (Fsp3) is 0.125. The number of aromatic amines is 1. The highest BCUT2D eigenvalue weighted by Crippen LogP contribution is 2.37. The second-order valence-corrected chi connectivity index (χ2v) is 4.67. The van der Waals surface area contributed by atoms with Crippen molar-refractivity contribution in [2.45, 2.75) is 0 Å². The molecule has 0 atom stereocenters. The molecule has 0 spiro atoms. The molecule has 0 aliphatic heterocycles. The van der Waals surface area contributed by atoms with Crippen LogP contribution < -0.4 is 9.47 Å². The summed E-state index contributed by atoms with van der Waals surface area (Å²) in [5, 5.41) is 17.1. The van der Waals surface area contributed by atoms with Crippen LogP contribution in [-0.2, 0) is 0 Å². The fourth-order valence-electron chi connectivity index (χ4n) is 2.44. The molecule has 1 aromatic heterocycles. The number of aromatic nitrogens is 2. The van der Waals surface area contributed by atoms with Crippen molar-refractivity contribution in [3.8, 4) is 22.8 Å². The van der Waals surface area contributed by atoms with E-state index in [1.165, 1.54) is 0 Å². The van der Waals surface area contributed by atoms with E-state index in [0.29, 0.717) is 33.7 Å². The minimum Gasteiger partial charge on any atom is -0.497 e. The van der Waals surface area contributed by atoms with Crippen molar-refractivity contribution in [3.63, 3.8) is 0 Å². The van der Waals surface area contributed by atoms with Crippen molar-refractivity contribution in [1.29, 1.82) is 0 Å². The molecule has 0 bridgehead atoms. The van der Waals surface area contributed by atoms with E-state index >= 15 is 0 Å². The lowest BCUT2D eigenvalue weighted by Crippen LogP contribution is -1.98. The first-order valence-corrected chi connectivity index (χ1v) is 6.58. The average molecular weight is 298 g/mol. The van der Waals surface area contributed by atoms with Crippen LogP contribution >= 0.6 is 0 Å². The topological polar surface area (TPSA) is 84.4 Å². The van der Waals surface area contributed by atoms with Crippen molar-refractivity contribution >= 4 is 16.9 Å². The summed E-state index contributed by atoms with van der Waals surface area (Å²) in [6, 6.07) is 10.3. The third-order valence-electron chi connectivity index (χ3n) is 3.48. The van der Waals surface area contributed by atoms with E-state index in [1.807, 2.05) is 0 Å². The molecule has 22 heavy (non-hydrogen) atoms. The van der Waals surface area contributed by atoms with Gasteiger partial charge in [-0.3, -0.25) is 5.10 Å². The number of aromatic carboxylic acids is 1. The van der Waals surface area contributed by atoms with Gasteiger partial charge in [-0.1, -0.05) is 6.07 Å². The van der Waals surface area contributed by atoms with Crippen LogP contribution in [0.15, 0.2) is 36.4 Å². The van der Waals surface area contributed by atoms with E-state index in [1.54, 1.807) is 50.6 Å². The third-order valence-corrected chi connectivity index (χ3v) is 3.48. The molecule has 112 valence electrons. The molecule has 2 N–H and O–H groups in total. The Hall–Kier alpha value is -3.02. The van der Waals surface area contributed by atoms with E-state index in [9.17, 15) is 9.90 Å². The predicted molar refractivity (Wildman–Crippen MR) is 81.6 cm³/mol. The first kappa shape index (κ1) is 13.9. The van der Waals surface area contributed by atoms with Gasteiger partial charge in [0, 0.05) is 10.9 Å². The zero-order chi connectivity index (χ0) is 15.7. The number of rotatable bonds is 4. The summed E-state index contributed by atoms with van der Waals surface area (Å²) in [7, 11) is 3.12. The van der Waals surface area contributed by atoms with E-state index in [4.69, 9.17) is 9.47 Å². The minimum absolute atomic E-state index is 0.186. The standard InChI is InChI=1S/C16H14N2O4/c1-21-9-6-7-13(22-2)11(8-9)15-14-10(16(19)20)4-3-5-12(14)17-18-15/h3-8H,1-2H3,(H,17,18)(H,19,20). The number of nitrogens with one attached hydrogen (secondary N) is 1. The summed E-state index contributed by atoms with van der Waals surface area (Å²) in [5.41, 5.74) is 2.02. The maximum Gasteiger partial charge on any atom is 0.336 e. The van der Waals surface area contributed by atoms with Gasteiger partial charge >= 0.3 is 5.97 Å². The van der Waals surface area contributed by atoms with Gasteiger partial charge in [0.1, 0.15) is 17.2 Å². The van der Waals surface area contributed by atoms with Crippen LogP contribution in [0.25, 0.3) is 22.2 Å². The summed E-state index contributed by atoms with van der Waals surface area (Å²) in [6.45, 7) is 0. The lowest BCUT2D eigenvalue weighted by molar-refractivity contribution is 0.0699. The average Bonchev–Trinajstić information content (AvgIpc) is 2.97. The molecule has 0 fully saturated rings. The van der Waals surface area contributed by atoms with Gasteiger partial charge in [-0.15, -0.1) is 0 Å². The number of hydrogen-bond acceptors (Lipinski definition) is 4. The maximum absolute atomic E-state index is 11.5. The van der Waals surface area contributed by atoms with Crippen LogP contribution in [0.2, 0.25) is 0 Å². The molecule has 0 saturated heterocycles. The molecule has 0 aliphatic carbocycles. The monoisotopic (exact) mass is 298 g/mol. The van der Waals surface area contributed by atoms with E-state index in [0.717, 1.165) is 0 Å². The van der Waals surface area contributed by atoms with Gasteiger partial charge < -0.3 is 14.6 Å². The fourth-order valence-corrected chi connectivity index (χ4v) is 2.44. The largest absolute Gasteiger partial charge is 0.497 e. The molecule has 3 aromatic rings. The van der Waals surface area contributed by atoms with Crippen LogP contribution in [0.4, 0.5) is 0 Å². The molecule has 2 aromatic carbocycles. The van der Waals surface area contributed by atoms with Gasteiger partial charge in [0.25, 0.3) is 0 Å². The van der Waals surface area contributed by atoms with Gasteiger partial charge in [0.2, 0.25) is 0 Å². The summed E-state index contributed by atoms with van der Waals surface area (Å²) < 4.78 is 10.6. The highest BCUT2D eigenvalue weighted by atomic mass is 16.5. The Balaban J connectivity index is 2.33. The molecule has 6 nitrogen and oxygen atoms in total. The number of hydrogen-bond donors (Lipinski definition) is 2. The van der Waals surface area contributed by atoms with Gasteiger partial charge in [-0.05, 0) is 30.3 Å². The highest BCUT2D eigenvalue weighted by Gasteiger charge is 2.19. The second-order valence-electron chi connectivity index (χ2n) is 4.67. The number of fused-ring (bicyclic) bond motifs is 1. The summed E-state index contributed by atoms with van der Waals surface area (Å²) >= 11 is 0. The van der Waals surface area contributed by atoms with Crippen molar-refractivity contribution in [3.05, 3.63) is 42.0 Å². The third kappa shape index (κ3) is 2.14. The van der Waals surface area contributed by atoms with E-state index < -0.39 is 5.97 Å². The molecular formula is C16H14N2O4. The molecule has 3 rings (SSSR count). The van der Waals surface area contributed by atoms with Crippen LogP contribution in [0.3, 0.4) is 0 Å². The first-order valence-electron chi connectivity index (χ1n) is 6.58. The number of nitrogens with zero attached hydrogens (tertiary/aromatic N) is 1. The molecule has 1 heterocycles. The Morgan fingerprint density at radius 2 is 2.00 bits per heavy atom. The molecule has 0 aliphatic rings. The van der Waals surface area contributed by atoms with E-state index in [-0.39, 0.29) is 5.56 Å². The lowest BCUT2D eigenvalue weighted by atomic mass is 10.0. The maximum atomic E-state index is 11.5. The highest BCUT2D eigenvalue weighted by molar-refractivity contribution is 6.08. The normalized spacial score (nSPS) is 10.6. The Morgan fingerprint density at radius 1 is 1.18 bits per heavy atom. The number of carbonyl (C=O) groups is 1. The molecule has 0 radical (unpaired) electrons. The van der Waals surface area contributed by atoms with Crippen molar-refractivity contribution in [2.24, 2.45) is 0 Å². The van der Waals surface area contributed by atoms with Gasteiger partial charge in [-0.25, -0.2) is 4.79 Å². The Morgan fingerprint density at radius 3 is 2.68 bits per heavy atom. The quantitative estimate of drug-likeness (QED) is 0.773. The molecule has 0 saturated carbocycles. The molecule has 6 heteroatoms. The van der Waals surface area contributed by atoms with Crippen LogP contribution in [0, 0.1) is 0 Å². The van der Waals surface area contributed by atoms with Gasteiger partial charge in [0.15, 0.2) is 0 Å². The van der Waals surface area contributed by atoms with Crippen LogP contribution in [0.1, 0.15) is 10.4 Å². The van der Waals surface area contributed by atoms with Crippen molar-refractivity contribution in [1.82, 2.24) is 10.2 Å². The number of carboxylic acid groups (broad SMARTS) is 1. The Labute approximate surface area is 126 Å². The second kappa shape index (κ2) is 5.40. The summed E-state index contributed by atoms with van der Waals surface area (Å²) in [6.07, 6.45) is 0. The number of H-pyrrole nitrogens is 1. The van der Waals surface area contributed by atoms with Crippen LogP contribution in [-0.4, -0.2) is 35.5 Å². The zero-order valence-corrected chi connectivity index (χ0v) is 12.1. The van der Waals surface area contributed by atoms with Gasteiger partial charge in [0.05, 0.1) is 25.3 Å². The number of carboxylic acids is 1. The number of ether oxygens (including phenoxy) is 2. The van der Waals surface area contributed by atoms with Gasteiger partial charge in [-0.2, -0.15) is 5.10 Å². The number of methoxy groups -OCH3 is 2. The van der Waals surface area contributed by atoms with E-state index in [2.05, 4.69) is 10.2 Å². The summed E-state index contributed by atoms with van der Waals surface area (Å²) in [4.78, 5) is 11.5. The zero-order valence-electron chi connectivity index (χ0n) is 12.1. The summed E-state index contributed by atoms with van der Waals surface area (Å²) in [5.74, 6) is 0.226. The molecule has 0 amide bonds. The minimum atomic E-state index is -1.00. The molecular weight excluding hydrogens is 284 g/mol. The predicted octanol–water partition coefficient (Wildman–Crippen LogP) is 2.95. The Kier molecular flexibility index (Phi) is 3.42. The molecule has 0 unspecified atom stereocenters. The first-order chi connectivity index (χ1) is 10.7. The Bertz CT molecular complexity index is 854. The lowest BCUT2D eigenvalue weighted by Gasteiger charge is -2.09. The smallest absolute Gasteiger partial charge is 0.336 e. The SMILES string of the molecule is COc1ccc(OC)c(-c2n[nH]c3cccc(C(=O)O)c23)c1. The van der Waals surface area contributed by atoms with Crippen LogP contribution in [0.5, 0.6) is 11.5 Å². The number of benzene rings is 2.